The van der Waals surface area contributed by atoms with Crippen LogP contribution in [0.15, 0.2) is 0 Å². The fraction of sp³-hybridized carbons (Fsp3) is 1.00. The van der Waals surface area contributed by atoms with Crippen LogP contribution >= 0.6 is 0 Å². The summed E-state index contributed by atoms with van der Waals surface area (Å²) in [6.07, 6.45) is 13.3. The molecule has 2 heteroatoms. The largest absolute Gasteiger partial charge is 0.316 e. The van der Waals surface area contributed by atoms with Gasteiger partial charge in [-0.1, -0.05) is 12.8 Å². The highest BCUT2D eigenvalue weighted by atomic mass is 15.2. The topological polar surface area (TPSA) is 15.3 Å². The summed E-state index contributed by atoms with van der Waals surface area (Å²) in [6, 6.07) is 0.967. The summed E-state index contributed by atoms with van der Waals surface area (Å²) < 4.78 is 0. The number of hydrogen-bond acceptors (Lipinski definition) is 2. The first kappa shape index (κ1) is 12.9. The van der Waals surface area contributed by atoms with Gasteiger partial charge >= 0.3 is 0 Å². The molecule has 1 N–H and O–H groups in total. The fourth-order valence-corrected chi connectivity index (χ4v) is 4.55. The van der Waals surface area contributed by atoms with Crippen LogP contribution in [0, 0.1) is 11.8 Å². The second kappa shape index (κ2) is 6.38. The third kappa shape index (κ3) is 3.08. The van der Waals surface area contributed by atoms with Crippen molar-refractivity contribution in [3.05, 3.63) is 0 Å². The standard InChI is InChI=1S/C16H30N2/c1-2-7-15(6-1)16-8-4-12-18(16)11-3-5-14-9-10-17-13-14/h14-17H,1-13H2. The average molecular weight is 250 g/mol. The van der Waals surface area contributed by atoms with Crippen molar-refractivity contribution in [3.8, 4) is 0 Å². The lowest BCUT2D eigenvalue weighted by Gasteiger charge is -2.29. The van der Waals surface area contributed by atoms with Crippen molar-refractivity contribution in [2.24, 2.45) is 11.8 Å². The van der Waals surface area contributed by atoms with Crippen LogP contribution in [0.3, 0.4) is 0 Å². The van der Waals surface area contributed by atoms with Gasteiger partial charge in [-0.15, -0.1) is 0 Å². The first-order chi connectivity index (χ1) is 8.93. The van der Waals surface area contributed by atoms with Crippen molar-refractivity contribution in [1.29, 1.82) is 0 Å². The molecule has 0 radical (unpaired) electrons. The Labute approximate surface area is 113 Å². The van der Waals surface area contributed by atoms with Crippen molar-refractivity contribution in [3.63, 3.8) is 0 Å². The minimum Gasteiger partial charge on any atom is -0.316 e. The molecule has 3 aliphatic rings. The molecule has 18 heavy (non-hydrogen) atoms. The van der Waals surface area contributed by atoms with Crippen LogP contribution in [-0.2, 0) is 0 Å². The van der Waals surface area contributed by atoms with Gasteiger partial charge in [-0.05, 0) is 83.0 Å². The van der Waals surface area contributed by atoms with Crippen molar-refractivity contribution in [1.82, 2.24) is 10.2 Å². The molecular formula is C16H30N2. The number of nitrogens with zero attached hydrogens (tertiary/aromatic N) is 1. The molecular weight excluding hydrogens is 220 g/mol. The lowest BCUT2D eigenvalue weighted by atomic mass is 9.95. The van der Waals surface area contributed by atoms with Crippen LogP contribution < -0.4 is 5.32 Å². The summed E-state index contributed by atoms with van der Waals surface area (Å²) in [7, 11) is 0. The van der Waals surface area contributed by atoms with E-state index in [2.05, 4.69) is 10.2 Å². The Kier molecular flexibility index (Phi) is 4.58. The quantitative estimate of drug-likeness (QED) is 0.807. The minimum atomic E-state index is 0.967. The van der Waals surface area contributed by atoms with Crippen LogP contribution in [0.25, 0.3) is 0 Å². The Balaban J connectivity index is 1.40. The van der Waals surface area contributed by atoms with Gasteiger partial charge in [0.2, 0.25) is 0 Å². The van der Waals surface area contributed by atoms with Gasteiger partial charge in [-0.3, -0.25) is 0 Å². The van der Waals surface area contributed by atoms with Gasteiger partial charge in [0.25, 0.3) is 0 Å². The molecule has 3 fully saturated rings. The van der Waals surface area contributed by atoms with Gasteiger partial charge in [0.1, 0.15) is 0 Å². The summed E-state index contributed by atoms with van der Waals surface area (Å²) in [6.45, 7) is 5.33. The summed E-state index contributed by atoms with van der Waals surface area (Å²) >= 11 is 0. The zero-order chi connectivity index (χ0) is 12.2. The van der Waals surface area contributed by atoms with Gasteiger partial charge < -0.3 is 10.2 Å². The predicted octanol–water partition coefficient (Wildman–Crippen LogP) is 3.03. The highest BCUT2D eigenvalue weighted by molar-refractivity contribution is 4.87. The molecule has 2 nitrogen and oxygen atoms in total. The maximum Gasteiger partial charge on any atom is 0.0124 e. The predicted molar refractivity (Wildman–Crippen MR) is 76.8 cm³/mol. The maximum atomic E-state index is 3.49. The number of nitrogens with one attached hydrogen (secondary N) is 1. The monoisotopic (exact) mass is 250 g/mol. The molecule has 2 atom stereocenters. The zero-order valence-electron chi connectivity index (χ0n) is 11.9. The summed E-state index contributed by atoms with van der Waals surface area (Å²) in [4.78, 5) is 2.85. The van der Waals surface area contributed by atoms with E-state index in [4.69, 9.17) is 0 Å². The molecule has 2 saturated heterocycles. The van der Waals surface area contributed by atoms with Gasteiger partial charge in [-0.2, -0.15) is 0 Å². The van der Waals surface area contributed by atoms with Gasteiger partial charge in [0, 0.05) is 6.04 Å². The van der Waals surface area contributed by atoms with E-state index in [9.17, 15) is 0 Å². The van der Waals surface area contributed by atoms with E-state index in [0.717, 1.165) is 17.9 Å². The minimum absolute atomic E-state index is 0.967. The Bertz CT molecular complexity index is 241. The van der Waals surface area contributed by atoms with E-state index in [0.29, 0.717) is 0 Å². The lowest BCUT2D eigenvalue weighted by Crippen LogP contribution is -2.35. The number of hydrogen-bond donors (Lipinski definition) is 1. The second-order valence-corrected chi connectivity index (χ2v) is 6.79. The molecule has 1 aliphatic carbocycles. The van der Waals surface area contributed by atoms with E-state index in [-0.39, 0.29) is 0 Å². The second-order valence-electron chi connectivity index (χ2n) is 6.79. The maximum absolute atomic E-state index is 3.49. The van der Waals surface area contributed by atoms with Crippen LogP contribution in [0.2, 0.25) is 0 Å². The van der Waals surface area contributed by atoms with Crippen LogP contribution in [0.1, 0.15) is 57.8 Å². The summed E-state index contributed by atoms with van der Waals surface area (Å²) in [5.74, 6) is 2.04. The van der Waals surface area contributed by atoms with E-state index < -0.39 is 0 Å². The molecule has 0 bridgehead atoms. The van der Waals surface area contributed by atoms with Crippen molar-refractivity contribution in [2.75, 3.05) is 26.2 Å². The average Bonchev–Trinajstić information content (AvgIpc) is 3.12. The summed E-state index contributed by atoms with van der Waals surface area (Å²) in [5, 5.41) is 3.49. The van der Waals surface area contributed by atoms with Crippen molar-refractivity contribution in [2.45, 2.75) is 63.8 Å². The van der Waals surface area contributed by atoms with Gasteiger partial charge in [0.15, 0.2) is 0 Å². The molecule has 2 heterocycles. The normalized spacial score (nSPS) is 34.7. The third-order valence-electron chi connectivity index (χ3n) is 5.58. The molecule has 0 aromatic rings. The SMILES string of the molecule is C1CCC(C2CCCN2CCCC2CCNC2)C1. The number of likely N-dealkylation sites (tertiary alicyclic amines) is 1. The molecule has 3 rings (SSSR count). The molecule has 0 amide bonds. The molecule has 0 spiro atoms. The molecule has 0 aromatic heterocycles. The molecule has 0 aromatic carbocycles. The fourth-order valence-electron chi connectivity index (χ4n) is 4.55. The Morgan fingerprint density at radius 2 is 1.89 bits per heavy atom. The van der Waals surface area contributed by atoms with Crippen molar-refractivity contribution < 1.29 is 0 Å². The van der Waals surface area contributed by atoms with E-state index in [1.54, 1.807) is 0 Å². The molecule has 104 valence electrons. The molecule has 2 aliphatic heterocycles. The van der Waals surface area contributed by atoms with Crippen LogP contribution in [-0.4, -0.2) is 37.1 Å². The Morgan fingerprint density at radius 3 is 2.67 bits per heavy atom. The zero-order valence-corrected chi connectivity index (χ0v) is 11.9. The Hall–Kier alpha value is -0.0800. The lowest BCUT2D eigenvalue weighted by molar-refractivity contribution is 0.185. The molecule has 2 unspecified atom stereocenters. The molecule has 1 saturated carbocycles. The van der Waals surface area contributed by atoms with E-state index >= 15 is 0 Å². The highest BCUT2D eigenvalue weighted by Gasteiger charge is 2.32. The van der Waals surface area contributed by atoms with Crippen molar-refractivity contribution >= 4 is 0 Å². The first-order valence-electron chi connectivity index (χ1n) is 8.38. The first-order valence-corrected chi connectivity index (χ1v) is 8.38. The third-order valence-corrected chi connectivity index (χ3v) is 5.58. The van der Waals surface area contributed by atoms with Crippen LogP contribution in [0.4, 0.5) is 0 Å². The highest BCUT2D eigenvalue weighted by Crippen LogP contribution is 2.35. The van der Waals surface area contributed by atoms with Gasteiger partial charge in [-0.25, -0.2) is 0 Å². The van der Waals surface area contributed by atoms with E-state index in [1.165, 1.54) is 84.0 Å². The van der Waals surface area contributed by atoms with E-state index in [1.807, 2.05) is 0 Å². The smallest absolute Gasteiger partial charge is 0.0124 e. The van der Waals surface area contributed by atoms with Crippen LogP contribution in [0.5, 0.6) is 0 Å². The number of rotatable bonds is 5. The Morgan fingerprint density at radius 1 is 1.00 bits per heavy atom. The summed E-state index contributed by atoms with van der Waals surface area (Å²) in [5.41, 5.74) is 0. The van der Waals surface area contributed by atoms with Gasteiger partial charge in [0.05, 0.1) is 0 Å².